The van der Waals surface area contributed by atoms with Gasteiger partial charge in [-0.2, -0.15) is 0 Å². The highest BCUT2D eigenvalue weighted by molar-refractivity contribution is 6.30. The molecule has 0 bridgehead atoms. The molecule has 0 aliphatic heterocycles. The van der Waals surface area contributed by atoms with Crippen LogP contribution >= 0.6 is 11.6 Å². The summed E-state index contributed by atoms with van der Waals surface area (Å²) in [6.45, 7) is 7.55. The van der Waals surface area contributed by atoms with Crippen LogP contribution in [-0.4, -0.2) is 6.54 Å². The van der Waals surface area contributed by atoms with Crippen LogP contribution in [0.2, 0.25) is 5.02 Å². The average Bonchev–Trinajstić information content (AvgIpc) is 2.08. The van der Waals surface area contributed by atoms with Crippen molar-refractivity contribution in [2.45, 2.75) is 13.5 Å². The highest BCUT2D eigenvalue weighted by atomic mass is 35.5. The number of halogens is 1. The van der Waals surface area contributed by atoms with Crippen LogP contribution in [0.15, 0.2) is 36.4 Å². The van der Waals surface area contributed by atoms with Crippen LogP contribution in [0.3, 0.4) is 0 Å². The summed E-state index contributed by atoms with van der Waals surface area (Å²) in [5, 5.41) is 4.06. The molecule has 0 aliphatic carbocycles. The van der Waals surface area contributed by atoms with Crippen molar-refractivity contribution in [2.24, 2.45) is 0 Å². The minimum absolute atomic E-state index is 0.781. The summed E-state index contributed by atoms with van der Waals surface area (Å²) in [6, 6.07) is 7.85. The fourth-order valence-electron chi connectivity index (χ4n) is 1.02. The van der Waals surface area contributed by atoms with E-state index < -0.39 is 0 Å². The molecule has 0 spiro atoms. The lowest BCUT2D eigenvalue weighted by molar-refractivity contribution is 0.741. The van der Waals surface area contributed by atoms with Crippen molar-refractivity contribution in [2.75, 3.05) is 6.54 Å². The van der Waals surface area contributed by atoms with Gasteiger partial charge in [-0.1, -0.05) is 35.9 Å². The monoisotopic (exact) mass is 195 g/mol. The minimum Gasteiger partial charge on any atom is -0.309 e. The van der Waals surface area contributed by atoms with Crippen molar-refractivity contribution in [3.63, 3.8) is 0 Å². The van der Waals surface area contributed by atoms with Crippen LogP contribution < -0.4 is 5.32 Å². The topological polar surface area (TPSA) is 12.0 Å². The predicted molar refractivity (Wildman–Crippen MR) is 58.0 cm³/mol. The fourth-order valence-corrected chi connectivity index (χ4v) is 1.15. The molecule has 2 heteroatoms. The molecule has 0 radical (unpaired) electrons. The first-order valence-electron chi connectivity index (χ1n) is 4.28. The number of rotatable bonds is 4. The number of hydrogen-bond acceptors (Lipinski definition) is 1. The molecule has 0 unspecified atom stereocenters. The second-order valence-corrected chi connectivity index (χ2v) is 3.62. The van der Waals surface area contributed by atoms with Gasteiger partial charge in [-0.15, -0.1) is 0 Å². The molecule has 0 atom stereocenters. The average molecular weight is 196 g/mol. The Labute approximate surface area is 84.4 Å². The lowest BCUT2D eigenvalue weighted by Gasteiger charge is -2.03. The van der Waals surface area contributed by atoms with Crippen molar-refractivity contribution in [1.82, 2.24) is 5.32 Å². The maximum absolute atomic E-state index is 5.76. The van der Waals surface area contributed by atoms with E-state index in [-0.39, 0.29) is 0 Å². The molecule has 0 aliphatic rings. The Kier molecular flexibility index (Phi) is 4.00. The predicted octanol–water partition coefficient (Wildman–Crippen LogP) is 3.01. The summed E-state index contributed by atoms with van der Waals surface area (Å²) < 4.78 is 0. The third kappa shape index (κ3) is 4.11. The minimum atomic E-state index is 0.781. The Bertz CT molecular complexity index is 277. The molecule has 1 aromatic rings. The Morgan fingerprint density at radius 2 is 2.00 bits per heavy atom. The molecule has 0 fully saturated rings. The van der Waals surface area contributed by atoms with E-state index >= 15 is 0 Å². The Morgan fingerprint density at radius 3 is 2.54 bits per heavy atom. The van der Waals surface area contributed by atoms with Crippen LogP contribution in [0, 0.1) is 0 Å². The quantitative estimate of drug-likeness (QED) is 0.729. The van der Waals surface area contributed by atoms with Crippen LogP contribution in [-0.2, 0) is 6.54 Å². The van der Waals surface area contributed by atoms with Crippen molar-refractivity contribution in [3.05, 3.63) is 47.0 Å². The first-order chi connectivity index (χ1) is 6.18. The van der Waals surface area contributed by atoms with Gasteiger partial charge in [0.25, 0.3) is 0 Å². The molecule has 0 saturated carbocycles. The first kappa shape index (κ1) is 10.3. The molecule has 0 amide bonds. The molecule has 0 aromatic heterocycles. The van der Waals surface area contributed by atoms with Crippen molar-refractivity contribution >= 4 is 11.6 Å². The first-order valence-corrected chi connectivity index (χ1v) is 4.66. The number of benzene rings is 1. The van der Waals surface area contributed by atoms with E-state index in [0.29, 0.717) is 0 Å². The maximum atomic E-state index is 5.76. The number of nitrogens with one attached hydrogen (secondary N) is 1. The van der Waals surface area contributed by atoms with Gasteiger partial charge < -0.3 is 5.32 Å². The van der Waals surface area contributed by atoms with E-state index in [4.69, 9.17) is 11.6 Å². The molecule has 0 saturated heterocycles. The van der Waals surface area contributed by atoms with Crippen molar-refractivity contribution in [1.29, 1.82) is 0 Å². The zero-order chi connectivity index (χ0) is 9.68. The van der Waals surface area contributed by atoms with Crippen LogP contribution in [0.1, 0.15) is 12.5 Å². The summed E-state index contributed by atoms with van der Waals surface area (Å²) in [7, 11) is 0. The zero-order valence-electron chi connectivity index (χ0n) is 7.81. The molecule has 70 valence electrons. The van der Waals surface area contributed by atoms with Crippen LogP contribution in [0.5, 0.6) is 0 Å². The summed E-state index contributed by atoms with van der Waals surface area (Å²) in [4.78, 5) is 0. The molecule has 1 rings (SSSR count). The molecule has 1 aromatic carbocycles. The van der Waals surface area contributed by atoms with E-state index in [2.05, 4.69) is 11.9 Å². The third-order valence-electron chi connectivity index (χ3n) is 1.67. The molecule has 1 nitrogen and oxygen atoms in total. The summed E-state index contributed by atoms with van der Waals surface area (Å²) in [6.07, 6.45) is 0. The lowest BCUT2D eigenvalue weighted by Crippen LogP contribution is -2.14. The van der Waals surface area contributed by atoms with E-state index in [1.807, 2.05) is 31.2 Å². The number of hydrogen-bond donors (Lipinski definition) is 1. The highest BCUT2D eigenvalue weighted by Gasteiger charge is 1.92. The van der Waals surface area contributed by atoms with Gasteiger partial charge in [0, 0.05) is 18.1 Å². The Balaban J connectivity index is 2.37. The van der Waals surface area contributed by atoms with E-state index in [9.17, 15) is 0 Å². The summed E-state index contributed by atoms with van der Waals surface area (Å²) >= 11 is 5.76. The van der Waals surface area contributed by atoms with E-state index in [1.54, 1.807) is 0 Å². The molecule has 1 N–H and O–H groups in total. The maximum Gasteiger partial charge on any atom is 0.0406 e. The Hall–Kier alpha value is -0.790. The van der Waals surface area contributed by atoms with Gasteiger partial charge in [0.15, 0.2) is 0 Å². The van der Waals surface area contributed by atoms with Gasteiger partial charge in [-0.3, -0.25) is 0 Å². The molecule has 0 heterocycles. The zero-order valence-corrected chi connectivity index (χ0v) is 8.56. The summed E-state index contributed by atoms with van der Waals surface area (Å²) in [5.74, 6) is 0. The standard InChI is InChI=1S/C11H14ClN/c1-9(2)7-13-8-10-3-5-11(12)6-4-10/h3-6,13H,1,7-8H2,2H3. The molecular weight excluding hydrogens is 182 g/mol. The lowest BCUT2D eigenvalue weighted by atomic mass is 10.2. The van der Waals surface area contributed by atoms with Gasteiger partial charge in [-0.05, 0) is 24.6 Å². The van der Waals surface area contributed by atoms with Gasteiger partial charge in [0.2, 0.25) is 0 Å². The molecule has 13 heavy (non-hydrogen) atoms. The second kappa shape index (κ2) is 5.05. The fraction of sp³-hybridized carbons (Fsp3) is 0.273. The van der Waals surface area contributed by atoms with Crippen LogP contribution in [0.4, 0.5) is 0 Å². The third-order valence-corrected chi connectivity index (χ3v) is 1.92. The van der Waals surface area contributed by atoms with Gasteiger partial charge in [0.1, 0.15) is 0 Å². The van der Waals surface area contributed by atoms with Gasteiger partial charge in [0.05, 0.1) is 0 Å². The normalized spacial score (nSPS) is 10.0. The molecular formula is C11H14ClN. The largest absolute Gasteiger partial charge is 0.309 e. The Morgan fingerprint density at radius 1 is 1.38 bits per heavy atom. The van der Waals surface area contributed by atoms with E-state index in [1.165, 1.54) is 5.56 Å². The van der Waals surface area contributed by atoms with E-state index in [0.717, 1.165) is 23.7 Å². The second-order valence-electron chi connectivity index (χ2n) is 3.19. The SMILES string of the molecule is C=C(C)CNCc1ccc(Cl)cc1. The highest BCUT2D eigenvalue weighted by Crippen LogP contribution is 2.08. The van der Waals surface area contributed by atoms with Crippen LogP contribution in [0.25, 0.3) is 0 Å². The van der Waals surface area contributed by atoms with Gasteiger partial charge >= 0.3 is 0 Å². The summed E-state index contributed by atoms with van der Waals surface area (Å²) in [5.41, 5.74) is 2.39. The van der Waals surface area contributed by atoms with Crippen molar-refractivity contribution < 1.29 is 0 Å². The smallest absolute Gasteiger partial charge is 0.0406 e. The van der Waals surface area contributed by atoms with Gasteiger partial charge in [-0.25, -0.2) is 0 Å². The van der Waals surface area contributed by atoms with Crippen molar-refractivity contribution in [3.8, 4) is 0 Å².